The van der Waals surface area contributed by atoms with E-state index in [-0.39, 0.29) is 23.8 Å². The Morgan fingerprint density at radius 2 is 1.56 bits per heavy atom. The Hall–Kier alpha value is -2.07. The lowest BCUT2D eigenvalue weighted by Crippen LogP contribution is -2.25. The van der Waals surface area contributed by atoms with E-state index in [0.717, 1.165) is 70.6 Å². The highest BCUT2D eigenvalue weighted by Gasteiger charge is 2.29. The van der Waals surface area contributed by atoms with E-state index in [0.29, 0.717) is 29.2 Å². The second-order valence-corrected chi connectivity index (χ2v) is 10.8. The molecule has 1 fully saturated rings. The van der Waals surface area contributed by atoms with E-state index in [1.807, 2.05) is 30.3 Å². The lowest BCUT2D eigenvalue weighted by molar-refractivity contribution is 0.00354. The molecule has 4 rings (SSSR count). The monoisotopic (exact) mass is 498 g/mol. The number of unbranched alkanes of at least 4 members (excludes halogenated alkanes) is 1. The van der Waals surface area contributed by atoms with Crippen LogP contribution in [0.4, 0.5) is 13.2 Å². The molecule has 0 saturated heterocycles. The second-order valence-electron chi connectivity index (χ2n) is 10.8. The Bertz CT molecular complexity index is 1000. The topological polar surface area (TPSA) is 9.23 Å². The van der Waals surface area contributed by atoms with Gasteiger partial charge in [-0.05, 0) is 86.0 Å². The summed E-state index contributed by atoms with van der Waals surface area (Å²) in [7, 11) is 0. The highest BCUT2D eigenvalue weighted by atomic mass is 19.2. The van der Waals surface area contributed by atoms with Gasteiger partial charge in [0.25, 0.3) is 0 Å². The molecule has 0 aliphatic heterocycles. The highest BCUT2D eigenvalue weighted by Crippen LogP contribution is 2.39. The van der Waals surface area contributed by atoms with Gasteiger partial charge in [-0.3, -0.25) is 0 Å². The number of allylic oxidation sites excluding steroid dienone is 1. The minimum atomic E-state index is -0.758. The van der Waals surface area contributed by atoms with Crippen LogP contribution < -0.4 is 0 Å². The highest BCUT2D eigenvalue weighted by molar-refractivity contribution is 5.65. The van der Waals surface area contributed by atoms with Crippen LogP contribution in [0.2, 0.25) is 0 Å². The summed E-state index contributed by atoms with van der Waals surface area (Å²) >= 11 is 0. The van der Waals surface area contributed by atoms with Crippen LogP contribution in [0.3, 0.4) is 0 Å². The van der Waals surface area contributed by atoms with E-state index in [1.54, 1.807) is 12.1 Å². The maximum absolute atomic E-state index is 15.1. The third kappa shape index (κ3) is 6.62. The number of halogens is 3. The molecule has 36 heavy (non-hydrogen) atoms. The van der Waals surface area contributed by atoms with Crippen LogP contribution in [-0.2, 0) is 11.2 Å². The number of rotatable bonds is 10. The lowest BCUT2D eigenvalue weighted by atomic mass is 9.81. The molecular weight excluding hydrogens is 457 g/mol. The molecule has 2 aliphatic carbocycles. The molecule has 0 spiro atoms. The minimum absolute atomic E-state index is 0.00585. The van der Waals surface area contributed by atoms with E-state index < -0.39 is 11.6 Å². The van der Waals surface area contributed by atoms with Gasteiger partial charge in [0.2, 0.25) is 0 Å². The molecule has 0 amide bonds. The number of ether oxygens (including phenoxy) is 1. The largest absolute Gasteiger partial charge is 0.377 e. The summed E-state index contributed by atoms with van der Waals surface area (Å²) in [6, 6.07) is 11.2. The quantitative estimate of drug-likeness (QED) is 0.317. The number of benzene rings is 2. The average Bonchev–Trinajstić information content (AvgIpc) is 2.90. The molecule has 2 atom stereocenters. The van der Waals surface area contributed by atoms with Crippen LogP contribution in [0.1, 0.15) is 95.1 Å². The SMILES string of the molecule is CCCCC1C=C(F)C(COC2CCC(c3ccc(-c4ccc(CCC)cc4)c(F)c3F)CC2)CC1. The van der Waals surface area contributed by atoms with Crippen molar-refractivity contribution in [2.45, 2.75) is 96.5 Å². The van der Waals surface area contributed by atoms with Crippen LogP contribution in [-0.4, -0.2) is 12.7 Å². The van der Waals surface area contributed by atoms with Gasteiger partial charge in [0, 0.05) is 11.5 Å². The molecule has 1 saturated carbocycles. The van der Waals surface area contributed by atoms with E-state index in [9.17, 15) is 4.39 Å². The van der Waals surface area contributed by atoms with Crippen molar-refractivity contribution < 1.29 is 17.9 Å². The van der Waals surface area contributed by atoms with Crippen molar-refractivity contribution in [2.75, 3.05) is 6.61 Å². The Kier molecular flexibility index (Phi) is 9.70. The molecule has 0 bridgehead atoms. The van der Waals surface area contributed by atoms with Gasteiger partial charge in [0.1, 0.15) is 5.83 Å². The third-order valence-electron chi connectivity index (χ3n) is 8.16. The van der Waals surface area contributed by atoms with Crippen LogP contribution in [0, 0.1) is 23.5 Å². The normalized spacial score (nSPS) is 24.5. The third-order valence-corrected chi connectivity index (χ3v) is 8.16. The van der Waals surface area contributed by atoms with Crippen molar-refractivity contribution in [3.05, 3.63) is 71.1 Å². The predicted octanol–water partition coefficient (Wildman–Crippen LogP) is 9.70. The first kappa shape index (κ1) is 27.0. The maximum atomic E-state index is 15.1. The van der Waals surface area contributed by atoms with E-state index in [4.69, 9.17) is 4.74 Å². The maximum Gasteiger partial charge on any atom is 0.166 e. The fraction of sp³-hybridized carbons (Fsp3) is 0.562. The van der Waals surface area contributed by atoms with Crippen molar-refractivity contribution in [2.24, 2.45) is 11.8 Å². The molecule has 2 aromatic carbocycles. The van der Waals surface area contributed by atoms with Crippen LogP contribution in [0.5, 0.6) is 0 Å². The van der Waals surface area contributed by atoms with Gasteiger partial charge in [-0.1, -0.05) is 69.5 Å². The molecular formula is C32H41F3O. The zero-order valence-electron chi connectivity index (χ0n) is 21.9. The molecule has 1 nitrogen and oxygen atoms in total. The molecule has 2 aromatic rings. The first-order valence-corrected chi connectivity index (χ1v) is 14.1. The summed E-state index contributed by atoms with van der Waals surface area (Å²) < 4.78 is 50.8. The Morgan fingerprint density at radius 3 is 2.22 bits per heavy atom. The average molecular weight is 499 g/mol. The minimum Gasteiger partial charge on any atom is -0.377 e. The standard InChI is InChI=1S/C32H41F3O/c1-3-5-7-23-10-13-26(30(33)20-23)21-36-27-16-14-25(15-17-27)29-19-18-28(31(34)32(29)35)24-11-8-22(6-4-2)9-12-24/h8-9,11-12,18-20,23,25-27H,3-7,10,13-17,21H2,1-2H3. The van der Waals surface area contributed by atoms with Crippen molar-refractivity contribution >= 4 is 0 Å². The van der Waals surface area contributed by atoms with Crippen molar-refractivity contribution in [3.63, 3.8) is 0 Å². The predicted molar refractivity (Wildman–Crippen MR) is 142 cm³/mol. The van der Waals surface area contributed by atoms with Gasteiger partial charge in [0.05, 0.1) is 12.7 Å². The number of aryl methyl sites for hydroxylation is 1. The van der Waals surface area contributed by atoms with Crippen molar-refractivity contribution in [1.82, 2.24) is 0 Å². The second kappa shape index (κ2) is 12.9. The van der Waals surface area contributed by atoms with Crippen molar-refractivity contribution in [1.29, 1.82) is 0 Å². The fourth-order valence-corrected chi connectivity index (χ4v) is 5.89. The van der Waals surface area contributed by atoms with Crippen LogP contribution in [0.15, 0.2) is 48.3 Å². The molecule has 0 heterocycles. The first-order chi connectivity index (χ1) is 17.5. The summed E-state index contributed by atoms with van der Waals surface area (Å²) in [6.45, 7) is 4.72. The van der Waals surface area contributed by atoms with Gasteiger partial charge >= 0.3 is 0 Å². The van der Waals surface area contributed by atoms with Gasteiger partial charge in [-0.25, -0.2) is 13.2 Å². The molecule has 0 N–H and O–H groups in total. The summed E-state index contributed by atoms with van der Waals surface area (Å²) in [6.07, 6.45) is 12.3. The van der Waals surface area contributed by atoms with Crippen LogP contribution >= 0.6 is 0 Å². The van der Waals surface area contributed by atoms with E-state index >= 15 is 8.78 Å². The smallest absolute Gasteiger partial charge is 0.166 e. The molecule has 0 radical (unpaired) electrons. The van der Waals surface area contributed by atoms with E-state index in [1.165, 1.54) is 5.56 Å². The van der Waals surface area contributed by atoms with Gasteiger partial charge in [0.15, 0.2) is 11.6 Å². The molecule has 4 heteroatoms. The Balaban J connectivity index is 1.30. The molecule has 2 aliphatic rings. The first-order valence-electron chi connectivity index (χ1n) is 14.1. The Morgan fingerprint density at radius 1 is 0.806 bits per heavy atom. The van der Waals surface area contributed by atoms with Gasteiger partial charge in [-0.2, -0.15) is 0 Å². The summed E-state index contributed by atoms with van der Waals surface area (Å²) in [5.41, 5.74) is 2.69. The summed E-state index contributed by atoms with van der Waals surface area (Å²) in [5.74, 6) is -1.25. The Labute approximate surface area is 215 Å². The van der Waals surface area contributed by atoms with Crippen LogP contribution in [0.25, 0.3) is 11.1 Å². The summed E-state index contributed by atoms with van der Waals surface area (Å²) in [5, 5.41) is 0. The molecule has 196 valence electrons. The molecule has 0 aromatic heterocycles. The fourth-order valence-electron chi connectivity index (χ4n) is 5.89. The molecule has 2 unspecified atom stereocenters. The summed E-state index contributed by atoms with van der Waals surface area (Å²) in [4.78, 5) is 0. The lowest BCUT2D eigenvalue weighted by Gasteiger charge is -2.31. The number of hydrogen-bond donors (Lipinski definition) is 0. The number of hydrogen-bond acceptors (Lipinski definition) is 1. The van der Waals surface area contributed by atoms with Crippen molar-refractivity contribution in [3.8, 4) is 11.1 Å². The van der Waals surface area contributed by atoms with E-state index in [2.05, 4.69) is 13.8 Å². The zero-order valence-corrected chi connectivity index (χ0v) is 21.9. The van der Waals surface area contributed by atoms with Gasteiger partial charge in [-0.15, -0.1) is 0 Å². The van der Waals surface area contributed by atoms with Gasteiger partial charge < -0.3 is 4.74 Å². The zero-order chi connectivity index (χ0) is 25.5.